The minimum atomic E-state index is -0.636. The lowest BCUT2D eigenvalue weighted by Crippen LogP contribution is -2.39. The molecule has 2 aromatic rings. The normalized spacial score (nSPS) is 15.3. The Bertz CT molecular complexity index is 930. The minimum Gasteiger partial charge on any atom is -0.490 e. The van der Waals surface area contributed by atoms with Gasteiger partial charge in [-0.05, 0) is 50.2 Å². The predicted octanol–water partition coefficient (Wildman–Crippen LogP) is 4.39. The molecule has 1 heterocycles. The highest BCUT2D eigenvalue weighted by molar-refractivity contribution is 6.35. The third-order valence-electron chi connectivity index (χ3n) is 4.33. The molecule has 0 radical (unpaired) electrons. The van der Waals surface area contributed by atoms with E-state index in [0.29, 0.717) is 32.9 Å². The number of benzene rings is 2. The number of anilines is 2. The van der Waals surface area contributed by atoms with Crippen molar-refractivity contribution in [1.29, 1.82) is 0 Å². The second-order valence-electron chi connectivity index (χ2n) is 7.13. The second-order valence-corrected chi connectivity index (χ2v) is 7.97. The van der Waals surface area contributed by atoms with Crippen LogP contribution in [0, 0.1) is 5.41 Å². The van der Waals surface area contributed by atoms with Gasteiger partial charge in [0, 0.05) is 17.8 Å². The number of hydrogen-bond donors (Lipinski definition) is 1. The summed E-state index contributed by atoms with van der Waals surface area (Å²) >= 11 is 11.9. The molecule has 6 nitrogen and oxygen atoms in total. The van der Waals surface area contributed by atoms with Crippen LogP contribution in [0.4, 0.5) is 11.4 Å². The van der Waals surface area contributed by atoms with Crippen molar-refractivity contribution in [1.82, 2.24) is 0 Å². The number of carbonyl (C=O) groups excluding carboxylic acids is 2. The molecule has 28 heavy (non-hydrogen) atoms. The summed E-state index contributed by atoms with van der Waals surface area (Å²) < 4.78 is 11.2. The largest absolute Gasteiger partial charge is 0.490 e. The van der Waals surface area contributed by atoms with Gasteiger partial charge in [0.05, 0.1) is 16.1 Å². The highest BCUT2D eigenvalue weighted by Gasteiger charge is 2.36. The van der Waals surface area contributed by atoms with Crippen LogP contribution in [0.5, 0.6) is 11.5 Å². The molecule has 1 aliphatic rings. The first-order valence-electron chi connectivity index (χ1n) is 8.60. The molecule has 0 saturated heterocycles. The molecule has 1 aliphatic heterocycles. The van der Waals surface area contributed by atoms with Crippen molar-refractivity contribution >= 4 is 46.4 Å². The van der Waals surface area contributed by atoms with Crippen molar-refractivity contribution in [2.24, 2.45) is 5.41 Å². The van der Waals surface area contributed by atoms with Crippen molar-refractivity contribution in [3.63, 3.8) is 0 Å². The van der Waals surface area contributed by atoms with Gasteiger partial charge in [-0.2, -0.15) is 0 Å². The zero-order valence-corrected chi connectivity index (χ0v) is 17.2. The standard InChI is InChI=1S/C20H20Cl2N2O4/c1-20(2)11-28-17-7-5-13(9-15(17)24(3)19(20)26)23-18(25)10-27-16-6-4-12(21)8-14(16)22/h4-9H,10-11H2,1-3H3,(H,23,25). The van der Waals surface area contributed by atoms with Crippen LogP contribution in [0.1, 0.15) is 13.8 Å². The molecule has 148 valence electrons. The molecule has 0 fully saturated rings. The molecule has 0 atom stereocenters. The monoisotopic (exact) mass is 422 g/mol. The summed E-state index contributed by atoms with van der Waals surface area (Å²) in [5, 5.41) is 3.55. The van der Waals surface area contributed by atoms with Gasteiger partial charge in [-0.1, -0.05) is 23.2 Å². The van der Waals surface area contributed by atoms with Crippen molar-refractivity contribution in [2.75, 3.05) is 30.5 Å². The van der Waals surface area contributed by atoms with Crippen molar-refractivity contribution in [2.45, 2.75) is 13.8 Å². The van der Waals surface area contributed by atoms with Crippen molar-refractivity contribution < 1.29 is 19.1 Å². The van der Waals surface area contributed by atoms with Crippen LogP contribution in [0.25, 0.3) is 0 Å². The third-order valence-corrected chi connectivity index (χ3v) is 4.86. The summed E-state index contributed by atoms with van der Waals surface area (Å²) in [6.07, 6.45) is 0. The number of nitrogens with zero attached hydrogens (tertiary/aromatic N) is 1. The maximum atomic E-state index is 12.6. The van der Waals surface area contributed by atoms with Crippen LogP contribution in [0.3, 0.4) is 0 Å². The number of hydrogen-bond acceptors (Lipinski definition) is 4. The van der Waals surface area contributed by atoms with Gasteiger partial charge >= 0.3 is 0 Å². The predicted molar refractivity (Wildman–Crippen MR) is 110 cm³/mol. The number of amides is 2. The smallest absolute Gasteiger partial charge is 0.262 e. The van der Waals surface area contributed by atoms with Gasteiger partial charge in [-0.15, -0.1) is 0 Å². The number of halogens is 2. The van der Waals surface area contributed by atoms with Gasteiger partial charge in [0.25, 0.3) is 5.91 Å². The summed E-state index contributed by atoms with van der Waals surface area (Å²) in [4.78, 5) is 26.4. The minimum absolute atomic E-state index is 0.0598. The second kappa shape index (κ2) is 7.89. The van der Waals surface area contributed by atoms with E-state index in [0.717, 1.165) is 0 Å². The number of fused-ring (bicyclic) bond motifs is 1. The maximum absolute atomic E-state index is 12.6. The summed E-state index contributed by atoms with van der Waals surface area (Å²) in [6, 6.07) is 9.90. The Morgan fingerprint density at radius 2 is 2.00 bits per heavy atom. The Balaban J connectivity index is 1.69. The van der Waals surface area contributed by atoms with E-state index in [1.165, 1.54) is 6.07 Å². The fourth-order valence-electron chi connectivity index (χ4n) is 2.80. The van der Waals surface area contributed by atoms with E-state index in [-0.39, 0.29) is 25.0 Å². The Labute approximate surface area is 173 Å². The van der Waals surface area contributed by atoms with E-state index in [9.17, 15) is 9.59 Å². The SMILES string of the molecule is CN1C(=O)C(C)(C)COc2ccc(NC(=O)COc3ccc(Cl)cc3Cl)cc21. The summed E-state index contributed by atoms with van der Waals surface area (Å²) in [5.41, 5.74) is 0.482. The summed E-state index contributed by atoms with van der Waals surface area (Å²) in [5.74, 6) is 0.526. The van der Waals surface area contributed by atoms with E-state index >= 15 is 0 Å². The quantitative estimate of drug-likeness (QED) is 0.792. The molecule has 0 aliphatic carbocycles. The van der Waals surface area contributed by atoms with Crippen LogP contribution in [0.2, 0.25) is 10.0 Å². The van der Waals surface area contributed by atoms with E-state index in [2.05, 4.69) is 5.32 Å². The molecule has 1 N–H and O–H groups in total. The van der Waals surface area contributed by atoms with Crippen molar-refractivity contribution in [3.8, 4) is 11.5 Å². The van der Waals surface area contributed by atoms with Crippen LogP contribution in [-0.4, -0.2) is 32.1 Å². The Hall–Kier alpha value is -2.44. The molecule has 0 saturated carbocycles. The number of ether oxygens (including phenoxy) is 2. The average Bonchev–Trinajstić information content (AvgIpc) is 2.72. The van der Waals surface area contributed by atoms with Gasteiger partial charge in [0.15, 0.2) is 6.61 Å². The van der Waals surface area contributed by atoms with E-state index in [1.54, 1.807) is 42.3 Å². The first-order chi connectivity index (χ1) is 13.2. The molecular weight excluding hydrogens is 403 g/mol. The zero-order valence-electron chi connectivity index (χ0n) is 15.7. The zero-order chi connectivity index (χ0) is 20.5. The molecule has 3 rings (SSSR count). The highest BCUT2D eigenvalue weighted by atomic mass is 35.5. The summed E-state index contributed by atoms with van der Waals surface area (Å²) in [7, 11) is 1.69. The molecule has 8 heteroatoms. The third kappa shape index (κ3) is 4.34. The first-order valence-corrected chi connectivity index (χ1v) is 9.36. The lowest BCUT2D eigenvalue weighted by molar-refractivity contribution is -0.127. The maximum Gasteiger partial charge on any atom is 0.262 e. The Morgan fingerprint density at radius 1 is 1.25 bits per heavy atom. The Kier molecular flexibility index (Phi) is 5.72. The molecule has 0 aromatic heterocycles. The lowest BCUT2D eigenvalue weighted by atomic mass is 9.93. The van der Waals surface area contributed by atoms with Crippen LogP contribution in [0.15, 0.2) is 36.4 Å². The molecule has 0 bridgehead atoms. The van der Waals surface area contributed by atoms with Crippen LogP contribution in [-0.2, 0) is 9.59 Å². The fraction of sp³-hybridized carbons (Fsp3) is 0.300. The topological polar surface area (TPSA) is 67.9 Å². The van der Waals surface area contributed by atoms with Gasteiger partial charge in [0.2, 0.25) is 5.91 Å². The lowest BCUT2D eigenvalue weighted by Gasteiger charge is -2.24. The van der Waals surface area contributed by atoms with Gasteiger partial charge in [-0.25, -0.2) is 0 Å². The van der Waals surface area contributed by atoms with Crippen LogP contribution < -0.4 is 19.7 Å². The van der Waals surface area contributed by atoms with Crippen LogP contribution >= 0.6 is 23.2 Å². The first kappa shape index (κ1) is 20.3. The molecule has 2 aromatic carbocycles. The Morgan fingerprint density at radius 3 is 2.71 bits per heavy atom. The number of carbonyl (C=O) groups is 2. The number of nitrogens with one attached hydrogen (secondary N) is 1. The van der Waals surface area contributed by atoms with Gasteiger partial charge in [-0.3, -0.25) is 9.59 Å². The van der Waals surface area contributed by atoms with Crippen molar-refractivity contribution in [3.05, 3.63) is 46.4 Å². The number of rotatable bonds is 4. The summed E-state index contributed by atoms with van der Waals surface area (Å²) in [6.45, 7) is 3.72. The fourth-order valence-corrected chi connectivity index (χ4v) is 3.26. The van der Waals surface area contributed by atoms with E-state index in [4.69, 9.17) is 32.7 Å². The molecule has 0 unspecified atom stereocenters. The highest BCUT2D eigenvalue weighted by Crippen LogP contribution is 2.37. The molecule has 2 amide bonds. The van der Waals surface area contributed by atoms with E-state index < -0.39 is 5.41 Å². The average molecular weight is 423 g/mol. The molecular formula is C20H20Cl2N2O4. The van der Waals surface area contributed by atoms with Gasteiger partial charge < -0.3 is 19.7 Å². The van der Waals surface area contributed by atoms with E-state index in [1.807, 2.05) is 13.8 Å². The van der Waals surface area contributed by atoms with Gasteiger partial charge in [0.1, 0.15) is 18.1 Å². The molecule has 0 spiro atoms.